The first kappa shape index (κ1) is 11.7. The Bertz CT molecular complexity index is 335. The first-order valence-electron chi connectivity index (χ1n) is 5.07. The molecule has 0 saturated carbocycles. The van der Waals surface area contributed by atoms with Gasteiger partial charge in [-0.25, -0.2) is 4.79 Å². The second-order valence-electron chi connectivity index (χ2n) is 3.30. The van der Waals surface area contributed by atoms with Crippen LogP contribution < -0.4 is 0 Å². The van der Waals surface area contributed by atoms with Crippen LogP contribution in [0.15, 0.2) is 18.5 Å². The van der Waals surface area contributed by atoms with E-state index in [9.17, 15) is 4.79 Å². The van der Waals surface area contributed by atoms with Crippen molar-refractivity contribution in [2.45, 2.75) is 20.4 Å². The first-order valence-corrected chi connectivity index (χ1v) is 5.07. The highest BCUT2D eigenvalue weighted by atomic mass is 16.4. The number of nitrogens with zero attached hydrogens (tertiary/aromatic N) is 2. The van der Waals surface area contributed by atoms with Gasteiger partial charge in [0.2, 0.25) is 0 Å². The summed E-state index contributed by atoms with van der Waals surface area (Å²) in [6.45, 7) is 6.61. The van der Waals surface area contributed by atoms with Crippen LogP contribution in [0.25, 0.3) is 0 Å². The molecule has 0 radical (unpaired) electrons. The van der Waals surface area contributed by atoms with Gasteiger partial charge in [0.25, 0.3) is 0 Å². The molecule has 0 amide bonds. The van der Waals surface area contributed by atoms with Crippen molar-refractivity contribution >= 4 is 5.97 Å². The Morgan fingerprint density at radius 2 is 2.13 bits per heavy atom. The largest absolute Gasteiger partial charge is 0.478 e. The SMILES string of the molecule is CCN(CC)Cc1ccncc1C(=O)O. The summed E-state index contributed by atoms with van der Waals surface area (Å²) in [5.41, 5.74) is 1.12. The maximum Gasteiger partial charge on any atom is 0.337 e. The van der Waals surface area contributed by atoms with E-state index in [1.54, 1.807) is 12.3 Å². The van der Waals surface area contributed by atoms with Crippen molar-refractivity contribution in [3.63, 3.8) is 0 Å². The molecule has 15 heavy (non-hydrogen) atoms. The standard InChI is InChI=1S/C11H16N2O2/c1-3-13(4-2)8-9-5-6-12-7-10(9)11(14)15/h5-7H,3-4,8H2,1-2H3,(H,14,15). The van der Waals surface area contributed by atoms with Gasteiger partial charge in [0.1, 0.15) is 0 Å². The van der Waals surface area contributed by atoms with Crippen molar-refractivity contribution in [3.8, 4) is 0 Å². The number of hydrogen-bond acceptors (Lipinski definition) is 3. The van der Waals surface area contributed by atoms with Crippen molar-refractivity contribution in [2.75, 3.05) is 13.1 Å². The monoisotopic (exact) mass is 208 g/mol. The van der Waals surface area contributed by atoms with Gasteiger partial charge in [-0.15, -0.1) is 0 Å². The summed E-state index contributed by atoms with van der Waals surface area (Å²) < 4.78 is 0. The average molecular weight is 208 g/mol. The molecule has 1 heterocycles. The second kappa shape index (κ2) is 5.46. The van der Waals surface area contributed by atoms with Crippen molar-refractivity contribution in [1.82, 2.24) is 9.88 Å². The molecule has 0 unspecified atom stereocenters. The Labute approximate surface area is 89.6 Å². The van der Waals surface area contributed by atoms with Crippen LogP contribution >= 0.6 is 0 Å². The normalized spacial score (nSPS) is 10.6. The quantitative estimate of drug-likeness (QED) is 0.799. The zero-order chi connectivity index (χ0) is 11.3. The number of aromatic nitrogens is 1. The van der Waals surface area contributed by atoms with Crippen LogP contribution in [-0.2, 0) is 6.54 Å². The molecule has 0 spiro atoms. The van der Waals surface area contributed by atoms with E-state index in [1.165, 1.54) is 6.20 Å². The fourth-order valence-corrected chi connectivity index (χ4v) is 1.44. The lowest BCUT2D eigenvalue weighted by Gasteiger charge is -2.18. The highest BCUT2D eigenvalue weighted by molar-refractivity contribution is 5.88. The van der Waals surface area contributed by atoms with E-state index in [1.807, 2.05) is 0 Å². The molecule has 0 aliphatic carbocycles. The predicted molar refractivity (Wildman–Crippen MR) is 57.8 cm³/mol. The van der Waals surface area contributed by atoms with Gasteiger partial charge in [-0.2, -0.15) is 0 Å². The topological polar surface area (TPSA) is 53.4 Å². The smallest absolute Gasteiger partial charge is 0.337 e. The Kier molecular flexibility index (Phi) is 4.24. The predicted octanol–water partition coefficient (Wildman–Crippen LogP) is 1.62. The van der Waals surface area contributed by atoms with Crippen molar-refractivity contribution in [2.24, 2.45) is 0 Å². The zero-order valence-electron chi connectivity index (χ0n) is 9.10. The number of carboxylic acids is 1. The molecule has 1 aromatic heterocycles. The number of aromatic carboxylic acids is 1. The summed E-state index contributed by atoms with van der Waals surface area (Å²) in [4.78, 5) is 16.9. The minimum atomic E-state index is -0.912. The summed E-state index contributed by atoms with van der Waals surface area (Å²) >= 11 is 0. The van der Waals surface area contributed by atoms with Crippen molar-refractivity contribution < 1.29 is 9.90 Å². The zero-order valence-corrected chi connectivity index (χ0v) is 9.10. The Morgan fingerprint density at radius 3 is 2.67 bits per heavy atom. The lowest BCUT2D eigenvalue weighted by atomic mass is 10.1. The number of carboxylic acid groups (broad SMARTS) is 1. The molecule has 1 N–H and O–H groups in total. The molecule has 4 nitrogen and oxygen atoms in total. The van der Waals surface area contributed by atoms with Gasteiger partial charge in [-0.3, -0.25) is 9.88 Å². The lowest BCUT2D eigenvalue weighted by molar-refractivity contribution is 0.0694. The van der Waals surface area contributed by atoms with Crippen LogP contribution in [-0.4, -0.2) is 34.0 Å². The lowest BCUT2D eigenvalue weighted by Crippen LogP contribution is -2.23. The van der Waals surface area contributed by atoms with E-state index in [-0.39, 0.29) is 0 Å². The Balaban J connectivity index is 2.88. The van der Waals surface area contributed by atoms with E-state index in [0.29, 0.717) is 12.1 Å². The summed E-state index contributed by atoms with van der Waals surface area (Å²) in [7, 11) is 0. The highest BCUT2D eigenvalue weighted by Gasteiger charge is 2.11. The van der Waals surface area contributed by atoms with Gasteiger partial charge in [-0.05, 0) is 24.7 Å². The van der Waals surface area contributed by atoms with Gasteiger partial charge >= 0.3 is 5.97 Å². The van der Waals surface area contributed by atoms with Crippen LogP contribution in [0.4, 0.5) is 0 Å². The van der Waals surface area contributed by atoms with Crippen LogP contribution in [0.3, 0.4) is 0 Å². The van der Waals surface area contributed by atoms with Crippen LogP contribution in [0, 0.1) is 0 Å². The van der Waals surface area contributed by atoms with Gasteiger partial charge in [0.15, 0.2) is 0 Å². The maximum atomic E-state index is 10.9. The summed E-state index contributed by atoms with van der Waals surface area (Å²) in [5.74, 6) is -0.912. The molecule has 1 rings (SSSR count). The van der Waals surface area contributed by atoms with Crippen LogP contribution in [0.1, 0.15) is 29.8 Å². The first-order chi connectivity index (χ1) is 7.19. The molecule has 0 bridgehead atoms. The number of hydrogen-bond donors (Lipinski definition) is 1. The minimum Gasteiger partial charge on any atom is -0.478 e. The third-order valence-corrected chi connectivity index (χ3v) is 2.43. The summed E-state index contributed by atoms with van der Waals surface area (Å²) in [6.07, 6.45) is 3.03. The number of rotatable bonds is 5. The van der Waals surface area contributed by atoms with Gasteiger partial charge in [-0.1, -0.05) is 13.8 Å². The van der Waals surface area contributed by atoms with Crippen LogP contribution in [0.5, 0.6) is 0 Å². The molecular formula is C11H16N2O2. The molecule has 0 atom stereocenters. The average Bonchev–Trinajstić information content (AvgIpc) is 2.26. The fourth-order valence-electron chi connectivity index (χ4n) is 1.44. The summed E-state index contributed by atoms with van der Waals surface area (Å²) in [6, 6.07) is 1.77. The molecule has 0 aliphatic heterocycles. The van der Waals surface area contributed by atoms with Gasteiger partial charge < -0.3 is 5.11 Å². The van der Waals surface area contributed by atoms with Crippen molar-refractivity contribution in [3.05, 3.63) is 29.6 Å². The molecular weight excluding hydrogens is 192 g/mol. The Hall–Kier alpha value is -1.42. The fraction of sp³-hybridized carbons (Fsp3) is 0.455. The number of carbonyl (C=O) groups is 1. The molecule has 0 aromatic carbocycles. The highest BCUT2D eigenvalue weighted by Crippen LogP contribution is 2.10. The van der Waals surface area contributed by atoms with Crippen molar-refractivity contribution in [1.29, 1.82) is 0 Å². The third kappa shape index (κ3) is 3.02. The van der Waals surface area contributed by atoms with E-state index in [2.05, 4.69) is 23.7 Å². The number of pyridine rings is 1. The third-order valence-electron chi connectivity index (χ3n) is 2.43. The van der Waals surface area contributed by atoms with Gasteiger partial charge in [0.05, 0.1) is 5.56 Å². The molecule has 4 heteroatoms. The summed E-state index contributed by atoms with van der Waals surface area (Å²) in [5, 5.41) is 8.97. The van der Waals surface area contributed by atoms with Crippen LogP contribution in [0.2, 0.25) is 0 Å². The maximum absolute atomic E-state index is 10.9. The molecule has 1 aromatic rings. The molecule has 0 fully saturated rings. The Morgan fingerprint density at radius 1 is 1.47 bits per heavy atom. The molecule has 0 aliphatic rings. The molecule has 82 valence electrons. The second-order valence-corrected chi connectivity index (χ2v) is 3.30. The van der Waals surface area contributed by atoms with E-state index in [0.717, 1.165) is 18.7 Å². The minimum absolute atomic E-state index is 0.296. The van der Waals surface area contributed by atoms with E-state index < -0.39 is 5.97 Å². The van der Waals surface area contributed by atoms with E-state index >= 15 is 0 Å². The molecule has 0 saturated heterocycles. The van der Waals surface area contributed by atoms with E-state index in [4.69, 9.17) is 5.11 Å². The van der Waals surface area contributed by atoms with Gasteiger partial charge in [0, 0.05) is 18.9 Å².